The molecule has 120 valence electrons. The fraction of sp³-hybridized carbons (Fsp3) is 0.353. The first-order chi connectivity index (χ1) is 11.2. The van der Waals surface area contributed by atoms with Crippen LogP contribution in [0.15, 0.2) is 40.2 Å². The highest BCUT2D eigenvalue weighted by molar-refractivity contribution is 9.10. The summed E-state index contributed by atoms with van der Waals surface area (Å²) in [6.07, 6.45) is 2.09. The number of nitrogens with one attached hydrogen (secondary N) is 1. The third-order valence-corrected chi connectivity index (χ3v) is 6.05. The SMILES string of the molecule is O=C1c2ccccc2N[C@H](c2cc(Br)cs2)N1C[C@@H]1CCCO1. The molecule has 0 spiro atoms. The van der Waals surface area contributed by atoms with Gasteiger partial charge in [-0.25, -0.2) is 0 Å². The molecule has 1 saturated heterocycles. The molecule has 0 radical (unpaired) electrons. The summed E-state index contributed by atoms with van der Waals surface area (Å²) < 4.78 is 6.80. The van der Waals surface area contributed by atoms with Crippen LogP contribution in [0.1, 0.15) is 34.2 Å². The average molecular weight is 393 g/mol. The maximum atomic E-state index is 13.0. The summed E-state index contributed by atoms with van der Waals surface area (Å²) in [5.41, 5.74) is 1.63. The topological polar surface area (TPSA) is 41.6 Å². The second-order valence-corrected chi connectivity index (χ2v) is 7.71. The molecule has 4 rings (SSSR count). The molecule has 2 aromatic rings. The van der Waals surface area contributed by atoms with E-state index in [1.807, 2.05) is 34.5 Å². The monoisotopic (exact) mass is 392 g/mol. The molecular weight excluding hydrogens is 376 g/mol. The molecule has 1 aromatic carbocycles. The lowest BCUT2D eigenvalue weighted by Crippen LogP contribution is -2.46. The lowest BCUT2D eigenvalue weighted by molar-refractivity contribution is 0.0430. The van der Waals surface area contributed by atoms with Gasteiger partial charge in [0.1, 0.15) is 6.17 Å². The highest BCUT2D eigenvalue weighted by Crippen LogP contribution is 2.37. The van der Waals surface area contributed by atoms with Crippen LogP contribution >= 0.6 is 27.3 Å². The summed E-state index contributed by atoms with van der Waals surface area (Å²) in [5.74, 6) is 0.0735. The molecule has 1 fully saturated rings. The number of carbonyl (C=O) groups excluding carboxylic acids is 1. The first-order valence-electron chi connectivity index (χ1n) is 7.74. The predicted molar refractivity (Wildman–Crippen MR) is 94.8 cm³/mol. The number of benzene rings is 1. The Morgan fingerprint density at radius 3 is 3.00 bits per heavy atom. The quantitative estimate of drug-likeness (QED) is 0.848. The summed E-state index contributed by atoms with van der Waals surface area (Å²) in [7, 11) is 0. The minimum Gasteiger partial charge on any atom is -0.376 e. The molecule has 0 saturated carbocycles. The Labute approximate surface area is 147 Å². The van der Waals surface area contributed by atoms with Crippen molar-refractivity contribution in [2.75, 3.05) is 18.5 Å². The van der Waals surface area contributed by atoms with E-state index in [0.29, 0.717) is 6.54 Å². The maximum Gasteiger partial charge on any atom is 0.257 e. The third-order valence-electron chi connectivity index (χ3n) is 4.30. The number of hydrogen-bond donors (Lipinski definition) is 1. The van der Waals surface area contributed by atoms with Crippen LogP contribution in [0, 0.1) is 0 Å². The van der Waals surface area contributed by atoms with E-state index in [4.69, 9.17) is 4.74 Å². The first kappa shape index (κ1) is 15.2. The number of halogens is 1. The van der Waals surface area contributed by atoms with Crippen LogP contribution in [0.5, 0.6) is 0 Å². The van der Waals surface area contributed by atoms with Crippen LogP contribution < -0.4 is 5.32 Å². The molecule has 2 atom stereocenters. The average Bonchev–Trinajstić information content (AvgIpc) is 3.21. The molecule has 4 nitrogen and oxygen atoms in total. The van der Waals surface area contributed by atoms with E-state index >= 15 is 0 Å². The number of rotatable bonds is 3. The molecule has 1 amide bonds. The number of para-hydroxylation sites is 1. The smallest absolute Gasteiger partial charge is 0.257 e. The highest BCUT2D eigenvalue weighted by atomic mass is 79.9. The second kappa shape index (κ2) is 6.26. The van der Waals surface area contributed by atoms with Gasteiger partial charge in [0.05, 0.1) is 11.7 Å². The van der Waals surface area contributed by atoms with Crippen molar-refractivity contribution >= 4 is 38.9 Å². The lowest BCUT2D eigenvalue weighted by atomic mass is 10.1. The first-order valence-corrected chi connectivity index (χ1v) is 9.42. The third kappa shape index (κ3) is 2.91. The van der Waals surface area contributed by atoms with Crippen molar-refractivity contribution in [2.24, 2.45) is 0 Å². The summed E-state index contributed by atoms with van der Waals surface area (Å²) in [4.78, 5) is 16.1. The lowest BCUT2D eigenvalue weighted by Gasteiger charge is -2.38. The second-order valence-electron chi connectivity index (χ2n) is 5.85. The molecule has 6 heteroatoms. The highest BCUT2D eigenvalue weighted by Gasteiger charge is 2.35. The zero-order valence-electron chi connectivity index (χ0n) is 12.5. The largest absolute Gasteiger partial charge is 0.376 e. The molecule has 2 aliphatic rings. The zero-order chi connectivity index (χ0) is 15.8. The van der Waals surface area contributed by atoms with Gasteiger partial charge in [-0.3, -0.25) is 4.79 Å². The van der Waals surface area contributed by atoms with Gasteiger partial charge in [-0.05, 0) is 47.0 Å². The van der Waals surface area contributed by atoms with Crippen molar-refractivity contribution in [2.45, 2.75) is 25.1 Å². The van der Waals surface area contributed by atoms with Crippen LogP contribution in [0.3, 0.4) is 0 Å². The number of thiophene rings is 1. The molecule has 1 N–H and O–H groups in total. The summed E-state index contributed by atoms with van der Waals surface area (Å²) >= 11 is 5.16. The number of nitrogens with zero attached hydrogens (tertiary/aromatic N) is 1. The van der Waals surface area contributed by atoms with E-state index in [1.54, 1.807) is 11.3 Å². The van der Waals surface area contributed by atoms with Gasteiger partial charge in [0.2, 0.25) is 0 Å². The normalized spacial score (nSPS) is 23.7. The number of hydrogen-bond acceptors (Lipinski definition) is 4. The van der Waals surface area contributed by atoms with Crippen LogP contribution in [0.2, 0.25) is 0 Å². The van der Waals surface area contributed by atoms with E-state index in [9.17, 15) is 4.79 Å². The van der Waals surface area contributed by atoms with Crippen LogP contribution in [-0.2, 0) is 4.74 Å². The minimum atomic E-state index is -0.141. The van der Waals surface area contributed by atoms with Gasteiger partial charge < -0.3 is 15.0 Å². The Bertz CT molecular complexity index is 727. The number of ether oxygens (including phenoxy) is 1. The van der Waals surface area contributed by atoms with Crippen molar-refractivity contribution < 1.29 is 9.53 Å². The molecule has 0 bridgehead atoms. The molecule has 3 heterocycles. The summed E-state index contributed by atoms with van der Waals surface area (Å²) in [6, 6.07) is 9.78. The fourth-order valence-electron chi connectivity index (χ4n) is 3.19. The molecule has 0 unspecified atom stereocenters. The fourth-order valence-corrected chi connectivity index (χ4v) is 4.69. The van der Waals surface area contributed by atoms with Crippen molar-refractivity contribution in [3.8, 4) is 0 Å². The van der Waals surface area contributed by atoms with E-state index in [-0.39, 0.29) is 18.2 Å². The molecule has 23 heavy (non-hydrogen) atoms. The van der Waals surface area contributed by atoms with E-state index in [2.05, 4.69) is 27.3 Å². The number of amides is 1. The molecule has 0 aliphatic carbocycles. The van der Waals surface area contributed by atoms with Crippen molar-refractivity contribution in [3.05, 3.63) is 50.6 Å². The maximum absolute atomic E-state index is 13.0. The molecule has 1 aromatic heterocycles. The summed E-state index contributed by atoms with van der Waals surface area (Å²) in [5, 5.41) is 5.57. The van der Waals surface area contributed by atoms with Gasteiger partial charge in [-0.2, -0.15) is 0 Å². The number of fused-ring (bicyclic) bond motifs is 1. The molecule has 2 aliphatic heterocycles. The predicted octanol–water partition coefficient (Wildman–Crippen LogP) is 4.26. The van der Waals surface area contributed by atoms with Crippen molar-refractivity contribution in [3.63, 3.8) is 0 Å². The standard InChI is InChI=1S/C17H17BrN2O2S/c18-11-8-15(23-10-11)16-19-14-6-2-1-5-13(14)17(21)20(16)9-12-4-3-7-22-12/h1-2,5-6,8,10,12,16,19H,3-4,7,9H2/t12-,16-/m0/s1. The number of carbonyl (C=O) groups is 1. The van der Waals surface area contributed by atoms with Gasteiger partial charge in [-0.1, -0.05) is 12.1 Å². The minimum absolute atomic E-state index is 0.0735. The Morgan fingerprint density at radius 2 is 2.26 bits per heavy atom. The van der Waals surface area contributed by atoms with Gasteiger partial charge >= 0.3 is 0 Å². The van der Waals surface area contributed by atoms with Crippen molar-refractivity contribution in [1.29, 1.82) is 0 Å². The Balaban J connectivity index is 1.70. The Kier molecular flexibility index (Phi) is 4.13. The van der Waals surface area contributed by atoms with E-state index in [0.717, 1.165) is 40.0 Å². The van der Waals surface area contributed by atoms with E-state index in [1.165, 1.54) is 0 Å². The zero-order valence-corrected chi connectivity index (χ0v) is 14.9. The van der Waals surface area contributed by atoms with E-state index < -0.39 is 0 Å². The van der Waals surface area contributed by atoms with Crippen molar-refractivity contribution in [1.82, 2.24) is 4.90 Å². The number of anilines is 1. The van der Waals surface area contributed by atoms with Gasteiger partial charge in [0.15, 0.2) is 0 Å². The van der Waals surface area contributed by atoms with Gasteiger partial charge in [0, 0.05) is 33.6 Å². The van der Waals surface area contributed by atoms with Crippen LogP contribution in [0.25, 0.3) is 0 Å². The van der Waals surface area contributed by atoms with Gasteiger partial charge in [0.25, 0.3) is 5.91 Å². The Hall–Kier alpha value is -1.37. The Morgan fingerprint density at radius 1 is 1.39 bits per heavy atom. The van der Waals surface area contributed by atoms with Gasteiger partial charge in [-0.15, -0.1) is 11.3 Å². The van der Waals surface area contributed by atoms with Crippen LogP contribution in [0.4, 0.5) is 5.69 Å². The van der Waals surface area contributed by atoms with Crippen LogP contribution in [-0.4, -0.2) is 30.1 Å². The summed E-state index contributed by atoms with van der Waals surface area (Å²) in [6.45, 7) is 1.42. The molecular formula is C17H17BrN2O2S.